The highest BCUT2D eigenvalue weighted by molar-refractivity contribution is 5.89. The lowest BCUT2D eigenvalue weighted by Gasteiger charge is -2.08. The molecule has 2 N–H and O–H groups in total. The number of benzene rings is 2. The normalized spacial score (nSPS) is 10.0. The second-order valence-electron chi connectivity index (χ2n) is 5.39. The first-order valence-electron chi connectivity index (χ1n) is 7.92. The van der Waals surface area contributed by atoms with E-state index >= 15 is 0 Å². The van der Waals surface area contributed by atoms with Gasteiger partial charge in [0.2, 0.25) is 0 Å². The third-order valence-electron chi connectivity index (χ3n) is 3.60. The molecule has 0 unspecified atom stereocenters. The molecule has 5 heteroatoms. The molecule has 0 radical (unpaired) electrons. The van der Waals surface area contributed by atoms with Crippen LogP contribution in [0.3, 0.4) is 0 Å². The Bertz CT molecular complexity index is 654. The summed E-state index contributed by atoms with van der Waals surface area (Å²) in [4.78, 5) is 23.1. The molecule has 0 aliphatic heterocycles. The summed E-state index contributed by atoms with van der Waals surface area (Å²) in [5, 5.41) is 5.63. The summed E-state index contributed by atoms with van der Waals surface area (Å²) in [7, 11) is 1.35. The molecule has 2 aromatic carbocycles. The summed E-state index contributed by atoms with van der Waals surface area (Å²) >= 11 is 0. The van der Waals surface area contributed by atoms with E-state index in [-0.39, 0.29) is 12.0 Å². The molecule has 0 saturated carbocycles. The van der Waals surface area contributed by atoms with Crippen molar-refractivity contribution >= 4 is 12.0 Å². The van der Waals surface area contributed by atoms with Gasteiger partial charge in [0.15, 0.2) is 0 Å². The Morgan fingerprint density at radius 1 is 0.917 bits per heavy atom. The molecule has 0 atom stereocenters. The van der Waals surface area contributed by atoms with Gasteiger partial charge in [-0.2, -0.15) is 0 Å². The number of urea groups is 1. The van der Waals surface area contributed by atoms with Crippen LogP contribution in [0.1, 0.15) is 27.9 Å². The molecule has 0 aliphatic carbocycles. The van der Waals surface area contributed by atoms with Gasteiger partial charge in [-0.15, -0.1) is 0 Å². The van der Waals surface area contributed by atoms with Gasteiger partial charge in [0.1, 0.15) is 0 Å². The predicted molar refractivity (Wildman–Crippen MR) is 92.8 cm³/mol. The molecule has 0 aliphatic rings. The van der Waals surface area contributed by atoms with Gasteiger partial charge in [-0.25, -0.2) is 9.59 Å². The third-order valence-corrected chi connectivity index (χ3v) is 3.60. The van der Waals surface area contributed by atoms with Crippen LogP contribution in [-0.2, 0) is 17.7 Å². The molecule has 126 valence electrons. The molecule has 0 saturated heterocycles. The SMILES string of the molecule is COC(=O)c1ccc(CNC(=O)NCCCc2ccccc2)cc1. The van der Waals surface area contributed by atoms with E-state index in [1.165, 1.54) is 12.7 Å². The minimum atomic E-state index is -0.370. The summed E-state index contributed by atoms with van der Waals surface area (Å²) < 4.78 is 4.64. The largest absolute Gasteiger partial charge is 0.465 e. The highest BCUT2D eigenvalue weighted by Crippen LogP contribution is 2.05. The number of hydrogen-bond donors (Lipinski definition) is 2. The van der Waals surface area contributed by atoms with Crippen molar-refractivity contribution in [2.75, 3.05) is 13.7 Å². The number of amides is 2. The van der Waals surface area contributed by atoms with Gasteiger partial charge in [0, 0.05) is 13.1 Å². The van der Waals surface area contributed by atoms with Crippen molar-refractivity contribution in [1.82, 2.24) is 10.6 Å². The van der Waals surface area contributed by atoms with Gasteiger partial charge >= 0.3 is 12.0 Å². The van der Waals surface area contributed by atoms with E-state index in [1.54, 1.807) is 24.3 Å². The van der Waals surface area contributed by atoms with Gasteiger partial charge in [0.25, 0.3) is 0 Å². The zero-order valence-corrected chi connectivity index (χ0v) is 13.7. The van der Waals surface area contributed by atoms with E-state index in [9.17, 15) is 9.59 Å². The highest BCUT2D eigenvalue weighted by atomic mass is 16.5. The molecule has 2 aromatic rings. The Morgan fingerprint density at radius 3 is 2.29 bits per heavy atom. The number of carbonyl (C=O) groups excluding carboxylic acids is 2. The molecule has 0 aromatic heterocycles. The zero-order chi connectivity index (χ0) is 17.2. The van der Waals surface area contributed by atoms with E-state index in [0.29, 0.717) is 18.7 Å². The number of rotatable bonds is 7. The average molecular weight is 326 g/mol. The van der Waals surface area contributed by atoms with Crippen molar-refractivity contribution in [1.29, 1.82) is 0 Å². The van der Waals surface area contributed by atoms with Crippen LogP contribution in [0.25, 0.3) is 0 Å². The zero-order valence-electron chi connectivity index (χ0n) is 13.7. The Kier molecular flexibility index (Phi) is 6.83. The van der Waals surface area contributed by atoms with Crippen molar-refractivity contribution in [3.05, 3.63) is 71.3 Å². The Labute approximate surface area is 142 Å². The van der Waals surface area contributed by atoms with Gasteiger partial charge in [-0.1, -0.05) is 42.5 Å². The number of aryl methyl sites for hydroxylation is 1. The number of nitrogens with one attached hydrogen (secondary N) is 2. The average Bonchev–Trinajstić information content (AvgIpc) is 2.64. The first kappa shape index (κ1) is 17.5. The van der Waals surface area contributed by atoms with E-state index in [1.807, 2.05) is 18.2 Å². The monoisotopic (exact) mass is 326 g/mol. The van der Waals surface area contributed by atoms with Gasteiger partial charge in [-0.3, -0.25) is 0 Å². The maximum atomic E-state index is 11.8. The van der Waals surface area contributed by atoms with Crippen molar-refractivity contribution in [2.24, 2.45) is 0 Å². The first-order chi connectivity index (χ1) is 11.7. The highest BCUT2D eigenvalue weighted by Gasteiger charge is 2.05. The summed E-state index contributed by atoms with van der Waals surface area (Å²) in [6, 6.07) is 16.9. The number of ether oxygens (including phenoxy) is 1. The fourth-order valence-corrected chi connectivity index (χ4v) is 2.26. The van der Waals surface area contributed by atoms with Crippen LogP contribution in [0.4, 0.5) is 4.79 Å². The van der Waals surface area contributed by atoms with Gasteiger partial charge in [-0.05, 0) is 36.1 Å². The van der Waals surface area contributed by atoms with Crippen molar-refractivity contribution in [3.63, 3.8) is 0 Å². The maximum absolute atomic E-state index is 11.8. The fraction of sp³-hybridized carbons (Fsp3) is 0.263. The number of methoxy groups -OCH3 is 1. The number of carbonyl (C=O) groups is 2. The lowest BCUT2D eigenvalue weighted by atomic mass is 10.1. The second-order valence-corrected chi connectivity index (χ2v) is 5.39. The molecular formula is C19H22N2O3. The minimum Gasteiger partial charge on any atom is -0.465 e. The Morgan fingerprint density at radius 2 is 1.62 bits per heavy atom. The van der Waals surface area contributed by atoms with Gasteiger partial charge < -0.3 is 15.4 Å². The van der Waals surface area contributed by atoms with Crippen molar-refractivity contribution in [2.45, 2.75) is 19.4 Å². The van der Waals surface area contributed by atoms with Crippen LogP contribution in [-0.4, -0.2) is 25.7 Å². The quantitative estimate of drug-likeness (QED) is 0.607. The van der Waals surface area contributed by atoms with Crippen LogP contribution < -0.4 is 10.6 Å². The molecule has 0 spiro atoms. The number of hydrogen-bond acceptors (Lipinski definition) is 3. The maximum Gasteiger partial charge on any atom is 0.337 e. The van der Waals surface area contributed by atoms with Crippen molar-refractivity contribution < 1.29 is 14.3 Å². The predicted octanol–water partition coefficient (Wildman–Crippen LogP) is 2.91. The van der Waals surface area contributed by atoms with E-state index < -0.39 is 0 Å². The molecule has 0 fully saturated rings. The summed E-state index contributed by atoms with van der Waals surface area (Å²) in [5.74, 6) is -0.370. The lowest BCUT2D eigenvalue weighted by Crippen LogP contribution is -2.35. The Hall–Kier alpha value is -2.82. The van der Waals surface area contributed by atoms with Crippen LogP contribution in [0.2, 0.25) is 0 Å². The minimum absolute atomic E-state index is 0.194. The van der Waals surface area contributed by atoms with E-state index in [0.717, 1.165) is 18.4 Å². The molecule has 0 heterocycles. The smallest absolute Gasteiger partial charge is 0.337 e. The summed E-state index contributed by atoms with van der Waals surface area (Å²) in [6.45, 7) is 1.04. The topological polar surface area (TPSA) is 67.4 Å². The van der Waals surface area contributed by atoms with E-state index in [4.69, 9.17) is 0 Å². The van der Waals surface area contributed by atoms with Gasteiger partial charge in [0.05, 0.1) is 12.7 Å². The van der Waals surface area contributed by atoms with Crippen molar-refractivity contribution in [3.8, 4) is 0 Å². The molecule has 0 bridgehead atoms. The summed E-state index contributed by atoms with van der Waals surface area (Å²) in [6.07, 6.45) is 1.83. The third kappa shape index (κ3) is 5.76. The fourth-order valence-electron chi connectivity index (χ4n) is 2.26. The van der Waals surface area contributed by atoms with Crippen LogP contribution in [0.15, 0.2) is 54.6 Å². The molecule has 2 amide bonds. The van der Waals surface area contributed by atoms with Crippen LogP contribution in [0.5, 0.6) is 0 Å². The summed E-state index contributed by atoms with van der Waals surface area (Å²) in [5.41, 5.74) is 2.68. The molecule has 2 rings (SSSR count). The number of esters is 1. The second kappa shape index (κ2) is 9.35. The first-order valence-corrected chi connectivity index (χ1v) is 7.92. The molecule has 24 heavy (non-hydrogen) atoms. The standard InChI is InChI=1S/C19H22N2O3/c1-24-18(22)17-11-9-16(10-12-17)14-21-19(23)20-13-5-8-15-6-3-2-4-7-15/h2-4,6-7,9-12H,5,8,13-14H2,1H3,(H2,20,21,23). The van der Waals surface area contributed by atoms with Crippen LogP contribution in [0, 0.1) is 0 Å². The van der Waals surface area contributed by atoms with E-state index in [2.05, 4.69) is 27.5 Å². The Balaban J connectivity index is 1.65. The van der Waals surface area contributed by atoms with Crippen LogP contribution >= 0.6 is 0 Å². The molecular weight excluding hydrogens is 304 g/mol. The lowest BCUT2D eigenvalue weighted by molar-refractivity contribution is 0.0600. The molecule has 5 nitrogen and oxygen atoms in total.